The minimum atomic E-state index is -0.574. The van der Waals surface area contributed by atoms with E-state index in [-0.39, 0.29) is 13.2 Å². The molecule has 0 saturated carbocycles. The van der Waals surface area contributed by atoms with E-state index in [4.69, 9.17) is 19.3 Å². The van der Waals surface area contributed by atoms with Crippen molar-refractivity contribution in [1.29, 1.82) is 0 Å². The van der Waals surface area contributed by atoms with Gasteiger partial charge in [-0.25, -0.2) is 0 Å². The van der Waals surface area contributed by atoms with E-state index >= 15 is 0 Å². The maximum atomic E-state index is 9.42. The van der Waals surface area contributed by atoms with E-state index in [2.05, 4.69) is 6.92 Å². The molecule has 0 fully saturated rings. The minimum absolute atomic E-state index is 0.0217. The minimum Gasteiger partial charge on any atom is -0.394 e. The van der Waals surface area contributed by atoms with Crippen LogP contribution in [0.4, 0.5) is 0 Å². The second-order valence-corrected chi connectivity index (χ2v) is 3.49. The van der Waals surface area contributed by atoms with E-state index in [0.717, 1.165) is 12.8 Å². The molecule has 5 nitrogen and oxygen atoms in total. The van der Waals surface area contributed by atoms with Gasteiger partial charge in [-0.2, -0.15) is 0 Å². The Morgan fingerprint density at radius 1 is 0.938 bits per heavy atom. The molecule has 1 unspecified atom stereocenters. The van der Waals surface area contributed by atoms with Gasteiger partial charge in [0.1, 0.15) is 6.10 Å². The molecule has 5 heteroatoms. The van der Waals surface area contributed by atoms with Crippen LogP contribution in [0.1, 0.15) is 19.8 Å². The molecule has 0 heterocycles. The van der Waals surface area contributed by atoms with Gasteiger partial charge < -0.3 is 24.4 Å². The molecule has 0 radical (unpaired) electrons. The molecule has 0 amide bonds. The first-order chi connectivity index (χ1) is 7.81. The van der Waals surface area contributed by atoms with Crippen LogP contribution in [0.2, 0.25) is 0 Å². The Morgan fingerprint density at radius 2 is 1.56 bits per heavy atom. The van der Waals surface area contributed by atoms with Gasteiger partial charge in [-0.15, -0.1) is 0 Å². The van der Waals surface area contributed by atoms with Crippen LogP contribution < -0.4 is 0 Å². The normalized spacial score (nSPS) is 12.9. The largest absolute Gasteiger partial charge is 0.394 e. The predicted molar refractivity (Wildman–Crippen MR) is 60.5 cm³/mol. The Morgan fingerprint density at radius 3 is 2.19 bits per heavy atom. The Hall–Kier alpha value is -0.200. The third-order valence-corrected chi connectivity index (χ3v) is 1.87. The third kappa shape index (κ3) is 11.9. The summed E-state index contributed by atoms with van der Waals surface area (Å²) in [7, 11) is 0. The van der Waals surface area contributed by atoms with Gasteiger partial charge in [-0.1, -0.05) is 13.3 Å². The lowest BCUT2D eigenvalue weighted by Gasteiger charge is -2.11. The zero-order valence-corrected chi connectivity index (χ0v) is 10.1. The summed E-state index contributed by atoms with van der Waals surface area (Å²) < 4.78 is 15.4. The van der Waals surface area contributed by atoms with Crippen LogP contribution in [0.5, 0.6) is 0 Å². The first-order valence-corrected chi connectivity index (χ1v) is 5.83. The Kier molecular flexibility index (Phi) is 12.7. The Balaban J connectivity index is 3.08. The van der Waals surface area contributed by atoms with Gasteiger partial charge in [0.15, 0.2) is 0 Å². The van der Waals surface area contributed by atoms with E-state index in [9.17, 15) is 5.11 Å². The maximum Gasteiger partial charge on any atom is 0.101 e. The maximum absolute atomic E-state index is 9.42. The molecule has 0 aliphatic carbocycles. The SMILES string of the molecule is CCCCOCC(O)COCCOCCO. The van der Waals surface area contributed by atoms with Gasteiger partial charge in [0.2, 0.25) is 0 Å². The van der Waals surface area contributed by atoms with Crippen molar-refractivity contribution >= 4 is 0 Å². The molecule has 0 aromatic rings. The van der Waals surface area contributed by atoms with Crippen LogP contribution >= 0.6 is 0 Å². The molecule has 0 aliphatic heterocycles. The Bertz CT molecular complexity index is 132. The van der Waals surface area contributed by atoms with Crippen molar-refractivity contribution in [2.75, 3.05) is 46.2 Å². The summed E-state index contributed by atoms with van der Waals surface area (Å²) in [5, 5.41) is 17.8. The number of ether oxygens (including phenoxy) is 3. The van der Waals surface area contributed by atoms with Crippen molar-refractivity contribution in [2.45, 2.75) is 25.9 Å². The fourth-order valence-corrected chi connectivity index (χ4v) is 1.02. The molecule has 0 rings (SSSR count). The molecule has 98 valence electrons. The summed E-state index contributed by atoms with van der Waals surface area (Å²) >= 11 is 0. The quantitative estimate of drug-likeness (QED) is 0.473. The number of unbranched alkanes of at least 4 members (excludes halogenated alkanes) is 1. The molecule has 2 N–H and O–H groups in total. The molecular weight excluding hydrogens is 212 g/mol. The van der Waals surface area contributed by atoms with E-state index in [1.807, 2.05) is 0 Å². The number of aliphatic hydroxyl groups is 2. The number of rotatable bonds is 12. The highest BCUT2D eigenvalue weighted by atomic mass is 16.5. The highest BCUT2D eigenvalue weighted by molar-refractivity contribution is 4.51. The number of hydrogen-bond acceptors (Lipinski definition) is 5. The van der Waals surface area contributed by atoms with Crippen LogP contribution in [0.3, 0.4) is 0 Å². The van der Waals surface area contributed by atoms with Crippen LogP contribution in [-0.2, 0) is 14.2 Å². The highest BCUT2D eigenvalue weighted by Crippen LogP contribution is 1.92. The van der Waals surface area contributed by atoms with Crippen molar-refractivity contribution in [2.24, 2.45) is 0 Å². The zero-order valence-electron chi connectivity index (χ0n) is 10.1. The van der Waals surface area contributed by atoms with E-state index in [1.165, 1.54) is 0 Å². The average molecular weight is 236 g/mol. The molecule has 0 bridgehead atoms. The van der Waals surface area contributed by atoms with Crippen molar-refractivity contribution in [3.63, 3.8) is 0 Å². The van der Waals surface area contributed by atoms with Crippen molar-refractivity contribution in [3.05, 3.63) is 0 Å². The lowest BCUT2D eigenvalue weighted by molar-refractivity contribution is -0.0343. The van der Waals surface area contributed by atoms with Crippen LogP contribution in [0.25, 0.3) is 0 Å². The monoisotopic (exact) mass is 236 g/mol. The van der Waals surface area contributed by atoms with E-state index in [1.54, 1.807) is 0 Å². The first-order valence-electron chi connectivity index (χ1n) is 5.83. The third-order valence-electron chi connectivity index (χ3n) is 1.87. The lowest BCUT2D eigenvalue weighted by Crippen LogP contribution is -2.23. The molecular formula is C11H24O5. The average Bonchev–Trinajstić information content (AvgIpc) is 2.29. The summed E-state index contributed by atoms with van der Waals surface area (Å²) in [4.78, 5) is 0. The van der Waals surface area contributed by atoms with Gasteiger partial charge in [0.25, 0.3) is 0 Å². The van der Waals surface area contributed by atoms with Gasteiger partial charge >= 0.3 is 0 Å². The molecule has 1 atom stereocenters. The summed E-state index contributed by atoms with van der Waals surface area (Å²) in [5.74, 6) is 0. The molecule has 0 aromatic carbocycles. The Labute approximate surface area is 97.3 Å². The zero-order chi connectivity index (χ0) is 12.1. The van der Waals surface area contributed by atoms with Crippen molar-refractivity contribution < 1.29 is 24.4 Å². The van der Waals surface area contributed by atoms with E-state index in [0.29, 0.717) is 33.0 Å². The van der Waals surface area contributed by atoms with Gasteiger partial charge in [0, 0.05) is 6.61 Å². The second-order valence-electron chi connectivity index (χ2n) is 3.49. The fourth-order valence-electron chi connectivity index (χ4n) is 1.02. The lowest BCUT2D eigenvalue weighted by atomic mass is 10.3. The van der Waals surface area contributed by atoms with Crippen LogP contribution in [0, 0.1) is 0 Å². The number of aliphatic hydroxyl groups excluding tert-OH is 2. The van der Waals surface area contributed by atoms with Crippen molar-refractivity contribution in [3.8, 4) is 0 Å². The summed E-state index contributed by atoms with van der Waals surface area (Å²) in [5.41, 5.74) is 0. The molecule has 0 spiro atoms. The highest BCUT2D eigenvalue weighted by Gasteiger charge is 2.03. The van der Waals surface area contributed by atoms with E-state index < -0.39 is 6.10 Å². The van der Waals surface area contributed by atoms with Gasteiger partial charge in [0.05, 0.1) is 39.6 Å². The molecule has 0 aliphatic rings. The van der Waals surface area contributed by atoms with Gasteiger partial charge in [-0.05, 0) is 6.42 Å². The molecule has 0 aromatic heterocycles. The number of hydrogen-bond donors (Lipinski definition) is 2. The second kappa shape index (κ2) is 12.9. The summed E-state index contributed by atoms with van der Waals surface area (Å²) in [6.07, 6.45) is 1.53. The first kappa shape index (κ1) is 15.8. The fraction of sp³-hybridized carbons (Fsp3) is 1.00. The van der Waals surface area contributed by atoms with Crippen LogP contribution in [0.15, 0.2) is 0 Å². The standard InChI is InChI=1S/C11H24O5/c1-2-3-5-15-9-11(13)10-16-8-7-14-6-4-12/h11-13H,2-10H2,1H3. The smallest absolute Gasteiger partial charge is 0.101 e. The predicted octanol–water partition coefficient (Wildman–Crippen LogP) is 0.189. The summed E-state index contributed by atoms with van der Waals surface area (Å²) in [6, 6.07) is 0. The van der Waals surface area contributed by atoms with Gasteiger partial charge in [-0.3, -0.25) is 0 Å². The van der Waals surface area contributed by atoms with Crippen molar-refractivity contribution in [1.82, 2.24) is 0 Å². The topological polar surface area (TPSA) is 68.2 Å². The molecule has 16 heavy (non-hydrogen) atoms. The summed E-state index contributed by atoms with van der Waals surface area (Å²) in [6.45, 7) is 4.56. The molecule has 0 saturated heterocycles. The van der Waals surface area contributed by atoms with Crippen LogP contribution in [-0.4, -0.2) is 62.6 Å².